The van der Waals surface area contributed by atoms with Crippen molar-refractivity contribution in [2.75, 3.05) is 37.6 Å². The van der Waals surface area contributed by atoms with Crippen LogP contribution in [0.15, 0.2) is 30.3 Å². The van der Waals surface area contributed by atoms with Crippen LogP contribution in [0.4, 0.5) is 5.69 Å². The fourth-order valence-corrected chi connectivity index (χ4v) is 2.35. The van der Waals surface area contributed by atoms with E-state index < -0.39 is 5.97 Å². The number of para-hydroxylation sites is 1. The first-order chi connectivity index (χ1) is 8.75. The zero-order valence-corrected chi connectivity index (χ0v) is 10.6. The molecule has 0 saturated carbocycles. The van der Waals surface area contributed by atoms with Crippen molar-refractivity contribution in [3.8, 4) is 0 Å². The molecule has 1 heterocycles. The highest BCUT2D eigenvalue weighted by Gasteiger charge is 2.15. The second-order valence-corrected chi connectivity index (χ2v) is 4.66. The van der Waals surface area contributed by atoms with Gasteiger partial charge in [-0.3, -0.25) is 4.79 Å². The smallest absolute Gasteiger partial charge is 0.304 e. The van der Waals surface area contributed by atoms with E-state index in [1.807, 2.05) is 6.07 Å². The molecule has 0 amide bonds. The molecule has 0 spiro atoms. The van der Waals surface area contributed by atoms with E-state index in [1.165, 1.54) is 5.69 Å². The summed E-state index contributed by atoms with van der Waals surface area (Å²) >= 11 is 0. The van der Waals surface area contributed by atoms with Gasteiger partial charge in [-0.2, -0.15) is 0 Å². The first-order valence-corrected chi connectivity index (χ1v) is 6.50. The fourth-order valence-electron chi connectivity index (χ4n) is 2.35. The van der Waals surface area contributed by atoms with E-state index >= 15 is 0 Å². The Balaban J connectivity index is 1.87. The summed E-state index contributed by atoms with van der Waals surface area (Å²) in [6.45, 7) is 4.63. The van der Waals surface area contributed by atoms with Crippen LogP contribution in [0.5, 0.6) is 0 Å². The largest absolute Gasteiger partial charge is 0.481 e. The van der Waals surface area contributed by atoms with E-state index in [4.69, 9.17) is 5.11 Å². The van der Waals surface area contributed by atoms with Gasteiger partial charge in [0.15, 0.2) is 0 Å². The molecule has 1 aliphatic rings. The van der Waals surface area contributed by atoms with Gasteiger partial charge >= 0.3 is 5.97 Å². The standard InChI is InChI=1S/C14H20N2O2/c17-14(18)7-10-15-8-4-9-16(12-11-15)13-5-2-1-3-6-13/h1-3,5-6H,4,7-12H2,(H,17,18). The zero-order chi connectivity index (χ0) is 12.8. The van der Waals surface area contributed by atoms with E-state index in [-0.39, 0.29) is 6.42 Å². The van der Waals surface area contributed by atoms with E-state index in [9.17, 15) is 4.79 Å². The van der Waals surface area contributed by atoms with Crippen molar-refractivity contribution in [1.82, 2.24) is 4.90 Å². The predicted octanol–water partition coefficient (Wildman–Crippen LogP) is 1.67. The molecule has 4 nitrogen and oxygen atoms in total. The minimum Gasteiger partial charge on any atom is -0.481 e. The highest BCUT2D eigenvalue weighted by Crippen LogP contribution is 2.15. The van der Waals surface area contributed by atoms with Crippen LogP contribution in [0.2, 0.25) is 0 Å². The van der Waals surface area contributed by atoms with Gasteiger partial charge in [-0.1, -0.05) is 18.2 Å². The van der Waals surface area contributed by atoms with Crippen LogP contribution < -0.4 is 4.90 Å². The number of nitrogens with zero attached hydrogens (tertiary/aromatic N) is 2. The second kappa shape index (κ2) is 6.40. The number of carbonyl (C=O) groups is 1. The van der Waals surface area contributed by atoms with Crippen LogP contribution in [-0.2, 0) is 4.79 Å². The van der Waals surface area contributed by atoms with Crippen LogP contribution in [0, 0.1) is 0 Å². The molecule has 1 N–H and O–H groups in total. The summed E-state index contributed by atoms with van der Waals surface area (Å²) < 4.78 is 0. The van der Waals surface area contributed by atoms with Gasteiger partial charge in [0.1, 0.15) is 0 Å². The van der Waals surface area contributed by atoms with Crippen LogP contribution in [0.3, 0.4) is 0 Å². The van der Waals surface area contributed by atoms with Gasteiger partial charge in [0.2, 0.25) is 0 Å². The van der Waals surface area contributed by atoms with Crippen molar-refractivity contribution in [2.24, 2.45) is 0 Å². The molecular weight excluding hydrogens is 228 g/mol. The Morgan fingerprint density at radius 1 is 1.11 bits per heavy atom. The number of aliphatic carboxylic acids is 1. The highest BCUT2D eigenvalue weighted by molar-refractivity contribution is 5.66. The lowest BCUT2D eigenvalue weighted by atomic mass is 10.3. The third kappa shape index (κ3) is 3.74. The molecule has 1 fully saturated rings. The van der Waals surface area contributed by atoms with Crippen molar-refractivity contribution in [2.45, 2.75) is 12.8 Å². The molecule has 1 aromatic rings. The summed E-state index contributed by atoms with van der Waals surface area (Å²) in [4.78, 5) is 15.2. The van der Waals surface area contributed by atoms with Crippen LogP contribution in [0.25, 0.3) is 0 Å². The van der Waals surface area contributed by atoms with Gasteiger partial charge < -0.3 is 14.9 Å². The lowest BCUT2D eigenvalue weighted by Crippen LogP contribution is -2.32. The van der Waals surface area contributed by atoms with Crippen molar-refractivity contribution >= 4 is 11.7 Å². The molecule has 0 bridgehead atoms. The molecule has 18 heavy (non-hydrogen) atoms. The molecule has 98 valence electrons. The summed E-state index contributed by atoms with van der Waals surface area (Å²) in [5.74, 6) is -0.709. The van der Waals surface area contributed by atoms with Crippen LogP contribution >= 0.6 is 0 Å². The van der Waals surface area contributed by atoms with E-state index in [1.54, 1.807) is 0 Å². The van der Waals surface area contributed by atoms with Crippen molar-refractivity contribution < 1.29 is 9.90 Å². The summed E-state index contributed by atoms with van der Waals surface area (Å²) in [6, 6.07) is 10.4. The first kappa shape index (κ1) is 12.9. The number of rotatable bonds is 4. The van der Waals surface area contributed by atoms with Gasteiger partial charge in [-0.25, -0.2) is 0 Å². The Kier molecular flexibility index (Phi) is 4.59. The van der Waals surface area contributed by atoms with Gasteiger partial charge in [-0.15, -0.1) is 0 Å². The molecule has 0 atom stereocenters. The van der Waals surface area contributed by atoms with Crippen molar-refractivity contribution in [3.05, 3.63) is 30.3 Å². The molecule has 0 aliphatic carbocycles. The summed E-state index contributed by atoms with van der Waals surface area (Å²) in [7, 11) is 0. The molecular formula is C14H20N2O2. The van der Waals surface area contributed by atoms with Crippen molar-refractivity contribution in [1.29, 1.82) is 0 Å². The Morgan fingerprint density at radius 3 is 2.61 bits per heavy atom. The molecule has 4 heteroatoms. The zero-order valence-electron chi connectivity index (χ0n) is 10.6. The summed E-state index contributed by atoms with van der Waals surface area (Å²) in [5.41, 5.74) is 1.26. The van der Waals surface area contributed by atoms with E-state index in [0.717, 1.165) is 32.6 Å². The molecule has 0 radical (unpaired) electrons. The van der Waals surface area contributed by atoms with Crippen molar-refractivity contribution in [3.63, 3.8) is 0 Å². The third-order valence-corrected chi connectivity index (χ3v) is 3.35. The number of benzene rings is 1. The minimum atomic E-state index is -0.709. The maximum Gasteiger partial charge on any atom is 0.304 e. The van der Waals surface area contributed by atoms with Crippen LogP contribution in [-0.4, -0.2) is 48.7 Å². The fraction of sp³-hybridized carbons (Fsp3) is 0.500. The maximum atomic E-state index is 10.6. The van der Waals surface area contributed by atoms with Gasteiger partial charge in [0.05, 0.1) is 6.42 Å². The quantitative estimate of drug-likeness (QED) is 0.880. The van der Waals surface area contributed by atoms with Crippen LogP contribution in [0.1, 0.15) is 12.8 Å². The van der Waals surface area contributed by atoms with Gasteiger partial charge in [0, 0.05) is 31.9 Å². The molecule has 0 aromatic heterocycles. The highest BCUT2D eigenvalue weighted by atomic mass is 16.4. The minimum absolute atomic E-state index is 0.241. The second-order valence-electron chi connectivity index (χ2n) is 4.66. The number of hydrogen-bond donors (Lipinski definition) is 1. The Morgan fingerprint density at radius 2 is 1.89 bits per heavy atom. The Labute approximate surface area is 108 Å². The first-order valence-electron chi connectivity index (χ1n) is 6.50. The molecule has 1 aromatic carbocycles. The molecule has 1 saturated heterocycles. The predicted molar refractivity (Wildman–Crippen MR) is 72.0 cm³/mol. The summed E-state index contributed by atoms with van der Waals surface area (Å²) in [6.07, 6.45) is 1.33. The average Bonchev–Trinajstić information content (AvgIpc) is 2.63. The number of carboxylic acids is 1. The average molecular weight is 248 g/mol. The number of hydrogen-bond acceptors (Lipinski definition) is 3. The lowest BCUT2D eigenvalue weighted by molar-refractivity contribution is -0.137. The Bertz CT molecular complexity index is 381. The SMILES string of the molecule is O=C(O)CCN1CCCN(c2ccccc2)CC1. The summed E-state index contributed by atoms with van der Waals surface area (Å²) in [5, 5.41) is 8.71. The topological polar surface area (TPSA) is 43.8 Å². The Hall–Kier alpha value is -1.55. The normalized spacial score (nSPS) is 17.4. The molecule has 1 aliphatic heterocycles. The monoisotopic (exact) mass is 248 g/mol. The van der Waals surface area contributed by atoms with Gasteiger partial charge in [-0.05, 0) is 25.1 Å². The molecule has 0 unspecified atom stereocenters. The number of anilines is 1. The van der Waals surface area contributed by atoms with E-state index in [2.05, 4.69) is 34.1 Å². The maximum absolute atomic E-state index is 10.6. The number of carboxylic acid groups (broad SMARTS) is 1. The third-order valence-electron chi connectivity index (χ3n) is 3.35. The van der Waals surface area contributed by atoms with E-state index in [0.29, 0.717) is 6.54 Å². The lowest BCUT2D eigenvalue weighted by Gasteiger charge is -2.23. The molecule has 2 rings (SSSR count). The van der Waals surface area contributed by atoms with Gasteiger partial charge in [0.25, 0.3) is 0 Å².